The minimum Gasteiger partial charge on any atom is -0.366 e. The van der Waals surface area contributed by atoms with Crippen molar-refractivity contribution in [3.8, 4) is 0 Å². The van der Waals surface area contributed by atoms with Crippen molar-refractivity contribution in [2.24, 2.45) is 0 Å². The molecule has 0 fully saturated rings. The number of rotatable bonds is 17. The Balaban J connectivity index is 3.11. The Morgan fingerprint density at radius 3 is 1.86 bits per heavy atom. The number of aliphatic hydroxyl groups is 1. The van der Waals surface area contributed by atoms with Gasteiger partial charge in [-0.15, -0.1) is 0 Å². The molecule has 0 spiro atoms. The average molecular weight is 316 g/mol. The Hall–Kier alpha value is -0.120. The van der Waals surface area contributed by atoms with Gasteiger partial charge in [0, 0.05) is 13.0 Å². The summed E-state index contributed by atoms with van der Waals surface area (Å²) < 4.78 is 5.46. The van der Waals surface area contributed by atoms with Crippen LogP contribution in [0.3, 0.4) is 0 Å². The van der Waals surface area contributed by atoms with Crippen LogP contribution in [0.4, 0.5) is 0 Å². The minimum atomic E-state index is -0.951. The van der Waals surface area contributed by atoms with E-state index in [1.807, 2.05) is 0 Å². The maximum atomic E-state index is 9.86. The van der Waals surface area contributed by atoms with Crippen LogP contribution in [0, 0.1) is 0 Å². The number of hydrogen-bond donors (Lipinski definition) is 2. The second-order valence-corrected chi connectivity index (χ2v) is 6.71. The molecule has 0 saturated carbocycles. The molecule has 0 heterocycles. The van der Waals surface area contributed by atoms with E-state index in [1.165, 1.54) is 64.2 Å². The third-order valence-electron chi connectivity index (χ3n) is 4.11. The van der Waals surface area contributed by atoms with Crippen molar-refractivity contribution in [1.29, 1.82) is 0 Å². The summed E-state index contributed by atoms with van der Waals surface area (Å²) in [6.07, 6.45) is 15.4. The summed E-state index contributed by atoms with van der Waals surface area (Å²) in [5, 5.41) is 13.2. The highest BCUT2D eigenvalue weighted by Gasteiger charge is 2.18. The number of ether oxygens (including phenoxy) is 1. The molecule has 2 N–H and O–H groups in total. The van der Waals surface area contributed by atoms with Crippen LogP contribution in [-0.4, -0.2) is 30.6 Å². The molecule has 0 aromatic rings. The highest BCUT2D eigenvalue weighted by molar-refractivity contribution is 4.59. The molecule has 0 aliphatic rings. The molecule has 0 bridgehead atoms. The van der Waals surface area contributed by atoms with Gasteiger partial charge >= 0.3 is 0 Å². The first-order valence-corrected chi connectivity index (χ1v) is 9.69. The summed E-state index contributed by atoms with van der Waals surface area (Å²) in [6.45, 7) is 8.56. The van der Waals surface area contributed by atoms with Crippen molar-refractivity contribution in [1.82, 2.24) is 5.32 Å². The Morgan fingerprint density at radius 1 is 0.773 bits per heavy atom. The second kappa shape index (κ2) is 15.8. The van der Waals surface area contributed by atoms with E-state index in [-0.39, 0.29) is 0 Å². The third kappa shape index (κ3) is 16.3. The van der Waals surface area contributed by atoms with E-state index < -0.39 is 5.79 Å². The first-order valence-electron chi connectivity index (χ1n) is 9.69. The van der Waals surface area contributed by atoms with Gasteiger partial charge in [-0.05, 0) is 19.9 Å². The van der Waals surface area contributed by atoms with E-state index in [2.05, 4.69) is 19.2 Å². The van der Waals surface area contributed by atoms with Gasteiger partial charge in [-0.1, -0.05) is 78.1 Å². The summed E-state index contributed by atoms with van der Waals surface area (Å²) in [5.41, 5.74) is 0. The Bertz CT molecular complexity index is 219. The van der Waals surface area contributed by atoms with Crippen LogP contribution >= 0.6 is 0 Å². The molecule has 134 valence electrons. The molecular weight excluding hydrogens is 274 g/mol. The van der Waals surface area contributed by atoms with Crippen LogP contribution in [-0.2, 0) is 4.74 Å². The fourth-order valence-electron chi connectivity index (χ4n) is 2.74. The van der Waals surface area contributed by atoms with Crippen molar-refractivity contribution in [2.75, 3.05) is 19.7 Å². The zero-order chi connectivity index (χ0) is 16.5. The lowest BCUT2D eigenvalue weighted by atomic mass is 10.1. The van der Waals surface area contributed by atoms with Crippen LogP contribution in [0.2, 0.25) is 0 Å². The molecule has 0 aliphatic carbocycles. The predicted molar refractivity (Wildman–Crippen MR) is 96.2 cm³/mol. The van der Waals surface area contributed by atoms with Crippen molar-refractivity contribution < 1.29 is 9.84 Å². The first-order chi connectivity index (χ1) is 10.6. The molecular formula is C19H41NO2. The van der Waals surface area contributed by atoms with Gasteiger partial charge in [-0.2, -0.15) is 0 Å². The molecule has 22 heavy (non-hydrogen) atoms. The quantitative estimate of drug-likeness (QED) is 0.292. The molecule has 3 nitrogen and oxygen atoms in total. The molecule has 3 heteroatoms. The molecule has 0 amide bonds. The lowest BCUT2D eigenvalue weighted by molar-refractivity contribution is -0.192. The predicted octanol–water partition coefficient (Wildman–Crippen LogP) is 5.02. The fourth-order valence-corrected chi connectivity index (χ4v) is 2.74. The van der Waals surface area contributed by atoms with E-state index >= 15 is 0 Å². The molecule has 0 aromatic carbocycles. The standard InChI is InChI=1S/C19H41NO2/c1-4-6-7-8-9-10-11-12-13-14-16-20-17-18-22-19(3,21)15-5-2/h20-21H,4-18H2,1-3H3. The van der Waals surface area contributed by atoms with E-state index in [1.54, 1.807) is 6.92 Å². The molecule has 1 unspecified atom stereocenters. The van der Waals surface area contributed by atoms with Gasteiger partial charge < -0.3 is 15.2 Å². The third-order valence-corrected chi connectivity index (χ3v) is 4.11. The topological polar surface area (TPSA) is 41.5 Å². The van der Waals surface area contributed by atoms with E-state index in [4.69, 9.17) is 4.74 Å². The van der Waals surface area contributed by atoms with Crippen molar-refractivity contribution in [3.63, 3.8) is 0 Å². The van der Waals surface area contributed by atoms with Crippen molar-refractivity contribution in [2.45, 2.75) is 104 Å². The second-order valence-electron chi connectivity index (χ2n) is 6.71. The summed E-state index contributed by atoms with van der Waals surface area (Å²) in [7, 11) is 0. The Morgan fingerprint density at radius 2 is 1.32 bits per heavy atom. The Kier molecular flexibility index (Phi) is 15.7. The Labute approximate surface area is 139 Å². The van der Waals surface area contributed by atoms with Crippen LogP contribution < -0.4 is 5.32 Å². The lowest BCUT2D eigenvalue weighted by Gasteiger charge is -2.23. The summed E-state index contributed by atoms with van der Waals surface area (Å²) in [4.78, 5) is 0. The highest BCUT2D eigenvalue weighted by Crippen LogP contribution is 2.12. The number of nitrogens with one attached hydrogen (secondary N) is 1. The van der Waals surface area contributed by atoms with Gasteiger partial charge in [-0.25, -0.2) is 0 Å². The monoisotopic (exact) mass is 315 g/mol. The maximum Gasteiger partial charge on any atom is 0.162 e. The van der Waals surface area contributed by atoms with Gasteiger partial charge in [-0.3, -0.25) is 0 Å². The largest absolute Gasteiger partial charge is 0.366 e. The van der Waals surface area contributed by atoms with Crippen molar-refractivity contribution in [3.05, 3.63) is 0 Å². The van der Waals surface area contributed by atoms with E-state index in [0.29, 0.717) is 13.0 Å². The van der Waals surface area contributed by atoms with Gasteiger partial charge in [0.15, 0.2) is 5.79 Å². The highest BCUT2D eigenvalue weighted by atomic mass is 16.6. The van der Waals surface area contributed by atoms with Crippen LogP contribution in [0.1, 0.15) is 97.8 Å². The molecule has 0 radical (unpaired) electrons. The fraction of sp³-hybridized carbons (Fsp3) is 1.00. The molecule has 0 aliphatic heterocycles. The number of unbranched alkanes of at least 4 members (excludes halogenated alkanes) is 9. The van der Waals surface area contributed by atoms with Gasteiger partial charge in [0.2, 0.25) is 0 Å². The van der Waals surface area contributed by atoms with E-state index in [9.17, 15) is 5.11 Å². The lowest BCUT2D eigenvalue weighted by Crippen LogP contribution is -2.32. The zero-order valence-corrected chi connectivity index (χ0v) is 15.5. The van der Waals surface area contributed by atoms with Gasteiger partial charge in [0.05, 0.1) is 6.61 Å². The normalized spacial score (nSPS) is 14.2. The molecule has 0 rings (SSSR count). The van der Waals surface area contributed by atoms with Crippen LogP contribution in [0.25, 0.3) is 0 Å². The first kappa shape index (κ1) is 21.9. The average Bonchev–Trinajstić information content (AvgIpc) is 2.47. The van der Waals surface area contributed by atoms with Crippen molar-refractivity contribution >= 4 is 0 Å². The number of hydrogen-bond acceptors (Lipinski definition) is 3. The molecule has 1 atom stereocenters. The summed E-state index contributed by atoms with van der Waals surface area (Å²) in [6, 6.07) is 0. The zero-order valence-electron chi connectivity index (χ0n) is 15.5. The summed E-state index contributed by atoms with van der Waals surface area (Å²) in [5.74, 6) is -0.951. The molecule has 0 aromatic heterocycles. The SMILES string of the molecule is CCCCCCCCCCCCNCCOC(C)(O)CCC. The molecule has 0 saturated heterocycles. The minimum absolute atomic E-state index is 0.588. The van der Waals surface area contributed by atoms with Gasteiger partial charge in [0.1, 0.15) is 0 Å². The smallest absolute Gasteiger partial charge is 0.162 e. The summed E-state index contributed by atoms with van der Waals surface area (Å²) >= 11 is 0. The van der Waals surface area contributed by atoms with Crippen LogP contribution in [0.5, 0.6) is 0 Å². The van der Waals surface area contributed by atoms with Crippen LogP contribution in [0.15, 0.2) is 0 Å². The maximum absolute atomic E-state index is 9.86. The van der Waals surface area contributed by atoms with Gasteiger partial charge in [0.25, 0.3) is 0 Å². The van der Waals surface area contributed by atoms with E-state index in [0.717, 1.165) is 19.5 Å².